The highest BCUT2D eigenvalue weighted by Crippen LogP contribution is 1.88. The molecule has 0 aliphatic rings. The molecule has 3 nitrogen and oxygen atoms in total. The lowest BCUT2D eigenvalue weighted by atomic mass is 11.4. The first-order chi connectivity index (χ1) is 2.81. The minimum Gasteiger partial charge on any atom is -0.168 e. The van der Waals surface area contributed by atoms with Crippen LogP contribution in [0.2, 0.25) is 0 Å². The summed E-state index contributed by atoms with van der Waals surface area (Å²) in [6.07, 6.45) is 0.927. The predicted octanol–water partition coefficient (Wildman–Crippen LogP) is 0.739. The highest BCUT2D eigenvalue weighted by atomic mass is 35.5. The van der Waals surface area contributed by atoms with Gasteiger partial charge in [0.15, 0.2) is 0 Å². The van der Waals surface area contributed by atoms with Crippen molar-refractivity contribution in [3.63, 3.8) is 0 Å². The van der Waals surface area contributed by atoms with Crippen LogP contribution in [-0.4, -0.2) is 5.29 Å². The maximum Gasteiger partial charge on any atom is 0.241 e. The summed E-state index contributed by atoms with van der Waals surface area (Å²) in [7, 11) is 0. The summed E-state index contributed by atoms with van der Waals surface area (Å²) in [5.41, 5.74) is 0. The normalized spacial score (nSPS) is 6.83. The molecule has 0 aromatic heterocycles. The van der Waals surface area contributed by atoms with Gasteiger partial charge in [-0.2, -0.15) is 5.26 Å². The van der Waals surface area contributed by atoms with E-state index in [0.29, 0.717) is 0 Å². The van der Waals surface area contributed by atoms with Crippen molar-refractivity contribution >= 4 is 11.9 Å². The number of hydrogen-bond acceptors (Lipinski definition) is 3. The Morgan fingerprint density at radius 1 is 2.00 bits per heavy atom. The summed E-state index contributed by atoms with van der Waals surface area (Å²) in [5.74, 6) is 0. The first kappa shape index (κ1) is 5.47. The second-order valence-electron chi connectivity index (χ2n) is 0.414. The fourth-order valence-electron chi connectivity index (χ4n) is 0.0154. The Hall–Kier alpha value is -0.530. The van der Waals surface area contributed by atoms with Gasteiger partial charge in [0.2, 0.25) is 6.19 Å². The van der Waals surface area contributed by atoms with Gasteiger partial charge in [-0.15, -0.1) is 4.39 Å². The van der Waals surface area contributed by atoms with Gasteiger partial charge in [0.05, 0.1) is 11.9 Å². The first-order valence-corrected chi connectivity index (χ1v) is 1.26. The Kier molecular flexibility index (Phi) is 2.46. The van der Waals surface area contributed by atoms with Gasteiger partial charge in [0, 0.05) is 5.29 Å². The minimum atomic E-state index is -0.679. The smallest absolute Gasteiger partial charge is 0.168 e. The largest absolute Gasteiger partial charge is 0.241 e. The van der Waals surface area contributed by atoms with Crippen LogP contribution < -0.4 is 0 Å². The number of hydrogen-bond donors (Lipinski definition) is 0. The van der Waals surface area contributed by atoms with Crippen molar-refractivity contribution in [3.05, 3.63) is 0 Å². The van der Waals surface area contributed by atoms with Gasteiger partial charge >= 0.3 is 0 Å². The molecule has 0 aliphatic heterocycles. The minimum absolute atomic E-state index is 0.679. The maximum atomic E-state index is 11.0. The molecule has 0 radical (unpaired) electrons. The summed E-state index contributed by atoms with van der Waals surface area (Å²) in [4.78, 5) is 0. The van der Waals surface area contributed by atoms with Crippen LogP contribution in [0, 0.1) is 11.5 Å². The molecule has 0 aromatic carbocycles. The summed E-state index contributed by atoms with van der Waals surface area (Å²) in [6.45, 7) is 0. The number of hydroxylamine groups is 1. The van der Waals surface area contributed by atoms with Gasteiger partial charge in [-0.25, -0.2) is 0 Å². The molecule has 0 saturated heterocycles. The summed E-state index contributed by atoms with van der Waals surface area (Å²) in [5, 5.41) is 6.75. The van der Waals surface area contributed by atoms with Crippen LogP contribution in [0.1, 0.15) is 0 Å². The second-order valence-corrected chi connectivity index (χ2v) is 0.552. The van der Waals surface area contributed by atoms with Crippen molar-refractivity contribution in [3.8, 4) is 6.19 Å². The van der Waals surface area contributed by atoms with Crippen LogP contribution in [0.4, 0.5) is 4.48 Å². The van der Waals surface area contributed by atoms with E-state index in [9.17, 15) is 4.48 Å². The van der Waals surface area contributed by atoms with Gasteiger partial charge in [-0.05, 0) is 0 Å². The molecule has 0 atom stereocenters. The molecule has 0 fully saturated rings. The molecular weight excluding hydrogens is 110 g/mol. The molecular formula is CClFN2O. The van der Waals surface area contributed by atoms with Crippen LogP contribution in [0.25, 0.3) is 0 Å². The highest BCUT2D eigenvalue weighted by Gasteiger charge is 1.89. The van der Waals surface area contributed by atoms with Gasteiger partial charge in [0.1, 0.15) is 0 Å². The summed E-state index contributed by atoms with van der Waals surface area (Å²) < 4.78 is 14.2. The third-order valence-electron chi connectivity index (χ3n) is 0.139. The zero-order valence-corrected chi connectivity index (χ0v) is 3.31. The van der Waals surface area contributed by atoms with Crippen LogP contribution >= 0.6 is 11.9 Å². The molecule has 0 rings (SSSR count). The van der Waals surface area contributed by atoms with E-state index in [4.69, 9.17) is 5.26 Å². The standard InChI is InChI=1S/CClFN2O/c2-6-5(3)1-4. The molecule has 5 heteroatoms. The third kappa shape index (κ3) is 1.76. The van der Waals surface area contributed by atoms with Gasteiger partial charge in [-0.1, -0.05) is 4.48 Å². The third-order valence-corrected chi connectivity index (χ3v) is 0.260. The molecule has 0 N–H and O–H groups in total. The Bertz CT molecular complexity index is 70.4. The zero-order valence-electron chi connectivity index (χ0n) is 2.56. The predicted molar refractivity (Wildman–Crippen MR) is 15.5 cm³/mol. The van der Waals surface area contributed by atoms with E-state index in [1.54, 1.807) is 0 Å². The van der Waals surface area contributed by atoms with Crippen LogP contribution in [0.5, 0.6) is 0 Å². The fraction of sp³-hybridized carbons (Fsp3) is 0. The number of rotatable bonds is 1. The summed E-state index contributed by atoms with van der Waals surface area (Å²) >= 11 is 4.28. The average Bonchev–Trinajstić information content (AvgIpc) is 1.65. The van der Waals surface area contributed by atoms with Crippen molar-refractivity contribution in [2.75, 3.05) is 0 Å². The van der Waals surface area contributed by atoms with Crippen LogP contribution in [0.15, 0.2) is 0 Å². The molecule has 0 amide bonds. The first-order valence-electron chi connectivity index (χ1n) is 0.953. The van der Waals surface area contributed by atoms with E-state index in [1.807, 2.05) is 0 Å². The van der Waals surface area contributed by atoms with Gasteiger partial charge < -0.3 is 0 Å². The van der Waals surface area contributed by atoms with Crippen molar-refractivity contribution in [2.24, 2.45) is 0 Å². The number of nitriles is 1. The second kappa shape index (κ2) is 2.69. The number of halogens is 2. The van der Waals surface area contributed by atoms with Gasteiger partial charge in [0.25, 0.3) is 0 Å². The van der Waals surface area contributed by atoms with Crippen molar-refractivity contribution in [1.29, 1.82) is 5.26 Å². The molecule has 0 unspecified atom stereocenters. The lowest BCUT2D eigenvalue weighted by Crippen LogP contribution is -1.96. The topological polar surface area (TPSA) is 36.3 Å². The maximum absolute atomic E-state index is 11.0. The fourth-order valence-corrected chi connectivity index (χ4v) is 0.0463. The molecule has 0 spiro atoms. The molecule has 0 bridgehead atoms. The Balaban J connectivity index is 3.04. The lowest BCUT2D eigenvalue weighted by molar-refractivity contribution is -0.149. The quantitative estimate of drug-likeness (QED) is 0.216. The monoisotopic (exact) mass is 110 g/mol. The van der Waals surface area contributed by atoms with Crippen molar-refractivity contribution in [2.45, 2.75) is 0 Å². The summed E-state index contributed by atoms with van der Waals surface area (Å²) in [6, 6.07) is 0. The Labute approximate surface area is 38.5 Å². The van der Waals surface area contributed by atoms with Crippen molar-refractivity contribution < 1.29 is 8.87 Å². The van der Waals surface area contributed by atoms with E-state index >= 15 is 0 Å². The Morgan fingerprint density at radius 3 is 2.50 bits per heavy atom. The molecule has 0 heterocycles. The van der Waals surface area contributed by atoms with E-state index in [2.05, 4.69) is 16.3 Å². The molecule has 0 aromatic rings. The van der Waals surface area contributed by atoms with E-state index in [-0.39, 0.29) is 0 Å². The lowest BCUT2D eigenvalue weighted by Gasteiger charge is -1.87. The van der Waals surface area contributed by atoms with E-state index in [1.165, 1.54) is 0 Å². The van der Waals surface area contributed by atoms with Gasteiger partial charge in [-0.3, -0.25) is 0 Å². The SMILES string of the molecule is N#CN(F)OCl. The molecule has 6 heavy (non-hydrogen) atoms. The van der Waals surface area contributed by atoms with E-state index < -0.39 is 5.29 Å². The molecule has 0 saturated carbocycles. The van der Waals surface area contributed by atoms with E-state index in [0.717, 1.165) is 6.19 Å². The van der Waals surface area contributed by atoms with Crippen molar-refractivity contribution in [1.82, 2.24) is 5.29 Å². The molecule has 0 aliphatic carbocycles. The van der Waals surface area contributed by atoms with Crippen LogP contribution in [0.3, 0.4) is 0 Å². The van der Waals surface area contributed by atoms with Crippen LogP contribution in [-0.2, 0) is 4.39 Å². The average molecular weight is 110 g/mol. The Morgan fingerprint density at radius 2 is 2.50 bits per heavy atom. The zero-order chi connectivity index (χ0) is 4.99. The molecule has 34 valence electrons. The highest BCUT2D eigenvalue weighted by molar-refractivity contribution is 6.07. The number of nitrogens with zero attached hydrogens (tertiary/aromatic N) is 2.